The highest BCUT2D eigenvalue weighted by Gasteiger charge is 2.09. The molecule has 0 fully saturated rings. The van der Waals surface area contributed by atoms with Crippen LogP contribution in [0.4, 0.5) is 0 Å². The van der Waals surface area contributed by atoms with Gasteiger partial charge in [0.05, 0.1) is 11.4 Å². The summed E-state index contributed by atoms with van der Waals surface area (Å²) in [5.74, 6) is 0. The van der Waals surface area contributed by atoms with Crippen molar-refractivity contribution in [1.82, 2.24) is 4.90 Å². The Morgan fingerprint density at radius 1 is 1.29 bits per heavy atom. The third-order valence-electron chi connectivity index (χ3n) is 2.37. The minimum atomic E-state index is -1.37. The third kappa shape index (κ3) is 2.72. The van der Waals surface area contributed by atoms with Gasteiger partial charge in [0.1, 0.15) is 0 Å². The highest BCUT2D eigenvalue weighted by Crippen LogP contribution is 2.18. The van der Waals surface area contributed by atoms with E-state index in [0.29, 0.717) is 10.9 Å². The zero-order valence-electron chi connectivity index (χ0n) is 8.73. The molecule has 0 heterocycles. The molecule has 1 aromatic carbocycles. The molecule has 0 amide bonds. The van der Waals surface area contributed by atoms with Gasteiger partial charge in [-0.1, -0.05) is 12.1 Å². The molecule has 0 aliphatic heterocycles. The van der Waals surface area contributed by atoms with Crippen molar-refractivity contribution >= 4 is 11.4 Å². The molecule has 3 nitrogen and oxygen atoms in total. The summed E-state index contributed by atoms with van der Waals surface area (Å²) in [5.41, 5.74) is 1.20. The molecule has 14 heavy (non-hydrogen) atoms. The summed E-state index contributed by atoms with van der Waals surface area (Å²) in [7, 11) is 4.05. The van der Waals surface area contributed by atoms with E-state index >= 15 is 0 Å². The molecule has 4 heteroatoms. The van der Waals surface area contributed by atoms with Crippen molar-refractivity contribution in [2.45, 2.75) is 17.9 Å². The molecule has 1 aromatic rings. The van der Waals surface area contributed by atoms with E-state index in [9.17, 15) is 4.55 Å². The van der Waals surface area contributed by atoms with E-state index in [0.717, 1.165) is 0 Å². The Morgan fingerprint density at radius 3 is 2.14 bits per heavy atom. The molecule has 1 rings (SSSR count). The SMILES string of the molecule is CC(c1ccc([S+](N)[O-])cc1)N(C)C. The Labute approximate surface area is 88.2 Å². The van der Waals surface area contributed by atoms with Gasteiger partial charge in [-0.3, -0.25) is 0 Å². The molecule has 0 bridgehead atoms. The first kappa shape index (κ1) is 11.5. The highest BCUT2D eigenvalue weighted by atomic mass is 32.2. The highest BCUT2D eigenvalue weighted by molar-refractivity contribution is 7.89. The molecule has 0 aromatic heterocycles. The summed E-state index contributed by atoms with van der Waals surface area (Å²) >= 11 is -1.37. The number of rotatable bonds is 3. The molecule has 2 atom stereocenters. The van der Waals surface area contributed by atoms with E-state index in [1.807, 2.05) is 38.4 Å². The number of benzene rings is 1. The van der Waals surface area contributed by atoms with Crippen LogP contribution in [-0.2, 0) is 11.4 Å². The van der Waals surface area contributed by atoms with Crippen molar-refractivity contribution in [3.05, 3.63) is 29.8 Å². The summed E-state index contributed by atoms with van der Waals surface area (Å²) in [6.45, 7) is 2.12. The summed E-state index contributed by atoms with van der Waals surface area (Å²) in [5, 5.41) is 5.26. The standard InChI is InChI=1S/C10H16N2OS/c1-8(12(2)3)9-4-6-10(7-5-9)14(11)13/h4-8H,11H2,1-3H3. The maximum absolute atomic E-state index is 10.9. The number of nitrogens with zero attached hydrogens (tertiary/aromatic N) is 1. The van der Waals surface area contributed by atoms with Crippen molar-refractivity contribution in [2.75, 3.05) is 14.1 Å². The second-order valence-electron chi connectivity index (χ2n) is 3.51. The van der Waals surface area contributed by atoms with Crippen LogP contribution in [0.2, 0.25) is 0 Å². The molecule has 0 saturated carbocycles. The minimum Gasteiger partial charge on any atom is -0.593 e. The van der Waals surface area contributed by atoms with Gasteiger partial charge in [-0.25, -0.2) is 0 Å². The van der Waals surface area contributed by atoms with Crippen LogP contribution in [0, 0.1) is 0 Å². The van der Waals surface area contributed by atoms with Gasteiger partial charge >= 0.3 is 0 Å². The van der Waals surface area contributed by atoms with Crippen LogP contribution in [-0.4, -0.2) is 23.5 Å². The third-order valence-corrected chi connectivity index (χ3v) is 3.11. The van der Waals surface area contributed by atoms with Gasteiger partial charge in [0.2, 0.25) is 0 Å². The molecule has 0 aliphatic carbocycles. The lowest BCUT2D eigenvalue weighted by molar-refractivity contribution is 0.321. The summed E-state index contributed by atoms with van der Waals surface area (Å²) in [4.78, 5) is 2.79. The number of nitrogens with two attached hydrogens (primary N) is 1. The first-order valence-electron chi connectivity index (χ1n) is 4.45. The lowest BCUT2D eigenvalue weighted by Gasteiger charge is -2.20. The molecule has 0 saturated heterocycles. The van der Waals surface area contributed by atoms with E-state index in [1.165, 1.54) is 5.56 Å². The monoisotopic (exact) mass is 212 g/mol. The zero-order chi connectivity index (χ0) is 10.7. The van der Waals surface area contributed by atoms with Gasteiger partial charge in [-0.2, -0.15) is 0 Å². The van der Waals surface area contributed by atoms with Gasteiger partial charge in [-0.05, 0) is 38.7 Å². The van der Waals surface area contributed by atoms with Crippen molar-refractivity contribution in [3.8, 4) is 0 Å². The van der Waals surface area contributed by atoms with Crippen molar-refractivity contribution < 1.29 is 4.55 Å². The van der Waals surface area contributed by atoms with E-state index in [-0.39, 0.29) is 0 Å². The summed E-state index contributed by atoms with van der Waals surface area (Å²) in [6, 6.07) is 7.90. The molecule has 0 radical (unpaired) electrons. The topological polar surface area (TPSA) is 52.3 Å². The van der Waals surface area contributed by atoms with E-state index in [4.69, 9.17) is 5.14 Å². The Kier molecular flexibility index (Phi) is 3.95. The predicted molar refractivity (Wildman–Crippen MR) is 59.1 cm³/mol. The van der Waals surface area contributed by atoms with Gasteiger partial charge in [0, 0.05) is 6.04 Å². The van der Waals surface area contributed by atoms with Gasteiger partial charge < -0.3 is 9.45 Å². The second-order valence-corrected chi connectivity index (χ2v) is 4.57. The van der Waals surface area contributed by atoms with Gasteiger partial charge in [0.15, 0.2) is 4.90 Å². The van der Waals surface area contributed by atoms with Crippen LogP contribution in [0.15, 0.2) is 29.2 Å². The first-order valence-corrected chi connectivity index (χ1v) is 5.66. The van der Waals surface area contributed by atoms with Crippen molar-refractivity contribution in [1.29, 1.82) is 0 Å². The van der Waals surface area contributed by atoms with Gasteiger partial charge in [0.25, 0.3) is 0 Å². The van der Waals surface area contributed by atoms with Crippen molar-refractivity contribution in [2.24, 2.45) is 5.14 Å². The fourth-order valence-corrected chi connectivity index (χ4v) is 1.58. The summed E-state index contributed by atoms with van der Waals surface area (Å²) < 4.78 is 10.9. The maximum atomic E-state index is 10.9. The molecular weight excluding hydrogens is 196 g/mol. The molecule has 78 valence electrons. The minimum absolute atomic E-state index is 0.357. The molecule has 2 unspecified atom stereocenters. The lowest BCUT2D eigenvalue weighted by atomic mass is 10.1. The van der Waals surface area contributed by atoms with Gasteiger partial charge in [-0.15, -0.1) is 5.14 Å². The van der Waals surface area contributed by atoms with Crippen LogP contribution >= 0.6 is 0 Å². The Bertz CT molecular complexity index is 285. The van der Waals surface area contributed by atoms with Crippen LogP contribution in [0.1, 0.15) is 18.5 Å². The normalized spacial score (nSPS) is 15.6. The van der Waals surface area contributed by atoms with Crippen LogP contribution < -0.4 is 5.14 Å². The Morgan fingerprint density at radius 2 is 1.79 bits per heavy atom. The average molecular weight is 212 g/mol. The lowest BCUT2D eigenvalue weighted by Crippen LogP contribution is -2.17. The number of hydrogen-bond acceptors (Lipinski definition) is 3. The van der Waals surface area contributed by atoms with E-state index in [2.05, 4.69) is 11.8 Å². The van der Waals surface area contributed by atoms with Crippen molar-refractivity contribution in [3.63, 3.8) is 0 Å². The maximum Gasteiger partial charge on any atom is 0.173 e. The van der Waals surface area contributed by atoms with Crippen LogP contribution in [0.3, 0.4) is 0 Å². The number of hydrogen-bond donors (Lipinski definition) is 1. The quantitative estimate of drug-likeness (QED) is 0.768. The fourth-order valence-electron chi connectivity index (χ4n) is 1.18. The van der Waals surface area contributed by atoms with Crippen LogP contribution in [0.5, 0.6) is 0 Å². The smallest absolute Gasteiger partial charge is 0.173 e. The van der Waals surface area contributed by atoms with E-state index < -0.39 is 11.4 Å². The second kappa shape index (κ2) is 4.79. The average Bonchev–Trinajstić information content (AvgIpc) is 2.16. The molecule has 0 aliphatic rings. The largest absolute Gasteiger partial charge is 0.593 e. The molecular formula is C10H16N2OS. The zero-order valence-corrected chi connectivity index (χ0v) is 9.54. The fraction of sp³-hybridized carbons (Fsp3) is 0.400. The van der Waals surface area contributed by atoms with Crippen LogP contribution in [0.25, 0.3) is 0 Å². The first-order chi connectivity index (χ1) is 6.52. The van der Waals surface area contributed by atoms with E-state index in [1.54, 1.807) is 0 Å². The Hall–Kier alpha value is -0.550. The Balaban J connectivity index is 2.83. The predicted octanol–water partition coefficient (Wildman–Crippen LogP) is 1.29. The molecule has 2 N–H and O–H groups in total. The molecule has 0 spiro atoms. The summed E-state index contributed by atoms with van der Waals surface area (Å²) in [6.07, 6.45) is 0.